The summed E-state index contributed by atoms with van der Waals surface area (Å²) in [6, 6.07) is 14.9. The maximum Gasteiger partial charge on any atom is 0.339 e. The molecular formula is C23H14Cl2N2O7S2. The number of amides is 2. The Bertz CT molecular complexity index is 1490. The summed E-state index contributed by atoms with van der Waals surface area (Å²) in [5, 5.41) is 10.9. The minimum atomic E-state index is -4.22. The number of imide groups is 1. The molecule has 0 unspecified atom stereocenters. The highest BCUT2D eigenvalue weighted by Gasteiger charge is 2.35. The first kappa shape index (κ1) is 25.7. The molecule has 0 radical (unpaired) electrons. The molecule has 1 aliphatic heterocycles. The van der Waals surface area contributed by atoms with Crippen molar-refractivity contribution < 1.29 is 27.1 Å². The molecule has 1 fully saturated rings. The second-order valence-electron chi connectivity index (χ2n) is 7.33. The number of nitrogens with zero attached hydrogens (tertiary/aromatic N) is 2. The maximum atomic E-state index is 12.8. The van der Waals surface area contributed by atoms with Crippen molar-refractivity contribution in [3.05, 3.63) is 103 Å². The summed E-state index contributed by atoms with van der Waals surface area (Å²) in [5.41, 5.74) is 0.731. The highest BCUT2D eigenvalue weighted by molar-refractivity contribution is 8.18. The molecule has 0 bridgehead atoms. The number of hydrogen-bond acceptors (Lipinski definition) is 8. The monoisotopic (exact) mass is 564 g/mol. The topological polar surface area (TPSA) is 124 Å². The Morgan fingerprint density at radius 3 is 2.17 bits per heavy atom. The van der Waals surface area contributed by atoms with E-state index in [1.54, 1.807) is 18.2 Å². The molecule has 0 atom stereocenters. The SMILES string of the molecule is O=C1S/C(=C\c2ccc(OS(=O)(=O)c3ccc([N+](=O)[O-])cc3)cc2)C(=O)N1Cc1c(Cl)cccc1Cl. The van der Waals surface area contributed by atoms with Gasteiger partial charge < -0.3 is 4.18 Å². The minimum absolute atomic E-state index is 0.00744. The molecule has 184 valence electrons. The second kappa shape index (κ2) is 10.3. The zero-order chi connectivity index (χ0) is 26.0. The summed E-state index contributed by atoms with van der Waals surface area (Å²) < 4.78 is 30.0. The zero-order valence-electron chi connectivity index (χ0n) is 18.0. The van der Waals surface area contributed by atoms with Gasteiger partial charge in [0.15, 0.2) is 0 Å². The fraction of sp³-hybridized carbons (Fsp3) is 0.0435. The van der Waals surface area contributed by atoms with Gasteiger partial charge in [0.2, 0.25) is 0 Å². The molecule has 0 aromatic heterocycles. The zero-order valence-corrected chi connectivity index (χ0v) is 21.1. The van der Waals surface area contributed by atoms with Crippen LogP contribution in [0.5, 0.6) is 5.75 Å². The van der Waals surface area contributed by atoms with Gasteiger partial charge >= 0.3 is 10.1 Å². The predicted molar refractivity (Wildman–Crippen MR) is 135 cm³/mol. The van der Waals surface area contributed by atoms with Crippen LogP contribution in [-0.4, -0.2) is 29.4 Å². The van der Waals surface area contributed by atoms with E-state index >= 15 is 0 Å². The number of nitro groups is 1. The van der Waals surface area contributed by atoms with Crippen LogP contribution in [0.2, 0.25) is 10.0 Å². The molecule has 4 rings (SSSR count). The molecule has 3 aromatic rings. The van der Waals surface area contributed by atoms with Crippen molar-refractivity contribution in [3.8, 4) is 5.75 Å². The molecule has 1 heterocycles. The van der Waals surface area contributed by atoms with Gasteiger partial charge in [-0.3, -0.25) is 24.6 Å². The van der Waals surface area contributed by atoms with Crippen molar-refractivity contribution >= 4 is 68.0 Å². The highest BCUT2D eigenvalue weighted by Crippen LogP contribution is 2.36. The van der Waals surface area contributed by atoms with Crippen LogP contribution < -0.4 is 4.18 Å². The van der Waals surface area contributed by atoms with Gasteiger partial charge in [0, 0.05) is 27.7 Å². The molecule has 2 amide bonds. The van der Waals surface area contributed by atoms with Gasteiger partial charge in [0.05, 0.1) is 16.4 Å². The second-order valence-corrected chi connectivity index (χ2v) is 10.7. The van der Waals surface area contributed by atoms with E-state index in [1.165, 1.54) is 30.3 Å². The largest absolute Gasteiger partial charge is 0.379 e. The number of carbonyl (C=O) groups is 2. The third-order valence-corrected chi connectivity index (χ3v) is 7.85. The Kier molecular flexibility index (Phi) is 7.36. The normalized spacial score (nSPS) is 14.9. The van der Waals surface area contributed by atoms with Crippen LogP contribution in [0.4, 0.5) is 10.5 Å². The summed E-state index contributed by atoms with van der Waals surface area (Å²) >= 11 is 13.1. The molecule has 1 saturated heterocycles. The molecule has 0 saturated carbocycles. The highest BCUT2D eigenvalue weighted by atomic mass is 35.5. The Morgan fingerprint density at radius 1 is 0.972 bits per heavy atom. The van der Waals surface area contributed by atoms with Gasteiger partial charge in [-0.05, 0) is 59.8 Å². The van der Waals surface area contributed by atoms with Gasteiger partial charge in [-0.15, -0.1) is 0 Å². The van der Waals surface area contributed by atoms with Crippen molar-refractivity contribution in [2.75, 3.05) is 0 Å². The molecule has 1 aliphatic rings. The Morgan fingerprint density at radius 2 is 1.58 bits per heavy atom. The fourth-order valence-corrected chi connectivity index (χ4v) is 5.44. The first-order chi connectivity index (χ1) is 17.0. The number of nitro benzene ring substituents is 1. The number of thioether (sulfide) groups is 1. The number of carbonyl (C=O) groups excluding carboxylic acids is 2. The third kappa shape index (κ3) is 5.54. The van der Waals surface area contributed by atoms with E-state index < -0.39 is 26.2 Å². The summed E-state index contributed by atoms with van der Waals surface area (Å²) in [5.74, 6) is -0.519. The molecule has 0 N–H and O–H groups in total. The standard InChI is InChI=1S/C23H14Cl2N2O7S2/c24-19-2-1-3-20(25)18(19)13-26-22(28)21(35-23(26)29)12-14-4-8-16(9-5-14)34-36(32,33)17-10-6-15(7-11-17)27(30)31/h1-12H,13H2/b21-12-. The Labute approximate surface area is 219 Å². The smallest absolute Gasteiger partial charge is 0.339 e. The lowest BCUT2D eigenvalue weighted by Gasteiger charge is -2.14. The fourth-order valence-electron chi connectivity index (χ4n) is 3.16. The average Bonchev–Trinajstić information content (AvgIpc) is 3.09. The van der Waals surface area contributed by atoms with E-state index in [0.29, 0.717) is 21.2 Å². The van der Waals surface area contributed by atoms with Gasteiger partial charge in [-0.1, -0.05) is 41.4 Å². The number of benzene rings is 3. The van der Waals surface area contributed by atoms with Crippen molar-refractivity contribution in [3.63, 3.8) is 0 Å². The van der Waals surface area contributed by atoms with Crippen molar-refractivity contribution in [1.82, 2.24) is 4.90 Å². The van der Waals surface area contributed by atoms with E-state index in [4.69, 9.17) is 27.4 Å². The number of halogens is 2. The predicted octanol–water partition coefficient (Wildman–Crippen LogP) is 5.91. The molecule has 0 aliphatic carbocycles. The van der Waals surface area contributed by atoms with Crippen molar-refractivity contribution in [2.24, 2.45) is 0 Å². The van der Waals surface area contributed by atoms with E-state index in [9.17, 15) is 28.1 Å². The lowest BCUT2D eigenvalue weighted by molar-refractivity contribution is -0.384. The number of hydrogen-bond donors (Lipinski definition) is 0. The summed E-state index contributed by atoms with van der Waals surface area (Å²) in [4.78, 5) is 36.3. The van der Waals surface area contributed by atoms with Crippen molar-refractivity contribution in [2.45, 2.75) is 11.4 Å². The van der Waals surface area contributed by atoms with E-state index in [2.05, 4.69) is 0 Å². The number of rotatable bonds is 7. The molecular weight excluding hydrogens is 551 g/mol. The summed E-state index contributed by atoms with van der Waals surface area (Å²) in [6.07, 6.45) is 1.49. The quantitative estimate of drug-likeness (QED) is 0.150. The average molecular weight is 565 g/mol. The van der Waals surface area contributed by atoms with Crippen LogP contribution in [0.1, 0.15) is 11.1 Å². The Hall–Kier alpha value is -3.38. The molecule has 0 spiro atoms. The van der Waals surface area contributed by atoms with Crippen molar-refractivity contribution in [1.29, 1.82) is 0 Å². The molecule has 9 nitrogen and oxygen atoms in total. The van der Waals surface area contributed by atoms with Crippen LogP contribution in [0.25, 0.3) is 6.08 Å². The van der Waals surface area contributed by atoms with Crippen LogP contribution in [-0.2, 0) is 21.5 Å². The van der Waals surface area contributed by atoms with Gasteiger partial charge in [-0.25, -0.2) is 0 Å². The first-order valence-corrected chi connectivity index (χ1v) is 13.0. The van der Waals surface area contributed by atoms with Crippen LogP contribution in [0, 0.1) is 10.1 Å². The van der Waals surface area contributed by atoms with Crippen LogP contribution >= 0.6 is 35.0 Å². The van der Waals surface area contributed by atoms with E-state index in [0.717, 1.165) is 40.9 Å². The van der Waals surface area contributed by atoms with E-state index in [-0.39, 0.29) is 27.8 Å². The lowest BCUT2D eigenvalue weighted by atomic mass is 10.2. The van der Waals surface area contributed by atoms with Crippen LogP contribution in [0.15, 0.2) is 76.5 Å². The Balaban J connectivity index is 1.47. The molecule has 3 aromatic carbocycles. The van der Waals surface area contributed by atoms with Gasteiger partial charge in [-0.2, -0.15) is 8.42 Å². The van der Waals surface area contributed by atoms with Gasteiger partial charge in [0.25, 0.3) is 16.8 Å². The maximum absolute atomic E-state index is 12.8. The lowest BCUT2D eigenvalue weighted by Crippen LogP contribution is -2.27. The third-order valence-electron chi connectivity index (χ3n) is 4.97. The first-order valence-electron chi connectivity index (χ1n) is 10.0. The summed E-state index contributed by atoms with van der Waals surface area (Å²) in [6.45, 7) is -0.0756. The van der Waals surface area contributed by atoms with Gasteiger partial charge in [0.1, 0.15) is 10.6 Å². The number of non-ortho nitro benzene ring substituents is 1. The molecule has 13 heteroatoms. The summed E-state index contributed by atoms with van der Waals surface area (Å²) in [7, 11) is -4.22. The van der Waals surface area contributed by atoms with E-state index in [1.807, 2.05) is 0 Å². The minimum Gasteiger partial charge on any atom is -0.379 e. The molecule has 36 heavy (non-hydrogen) atoms. The van der Waals surface area contributed by atoms with Crippen LogP contribution in [0.3, 0.4) is 0 Å².